The van der Waals surface area contributed by atoms with Crippen LogP contribution >= 0.6 is 0 Å². The van der Waals surface area contributed by atoms with Crippen LogP contribution in [0.4, 0.5) is 0 Å². The van der Waals surface area contributed by atoms with Crippen LogP contribution in [0.15, 0.2) is 36.9 Å². The van der Waals surface area contributed by atoms with Crippen LogP contribution in [-0.4, -0.2) is 21.0 Å². The van der Waals surface area contributed by atoms with E-state index in [1.165, 1.54) is 30.9 Å². The monoisotopic (exact) mass is 225 g/mol. The van der Waals surface area contributed by atoms with Crippen molar-refractivity contribution in [3.63, 3.8) is 0 Å². The Morgan fingerprint density at radius 2 is 2.12 bits per heavy atom. The zero-order valence-electron chi connectivity index (χ0n) is 8.66. The van der Waals surface area contributed by atoms with Crippen molar-refractivity contribution in [3.05, 3.63) is 48.0 Å². The molecule has 0 radical (unpaired) electrons. The lowest BCUT2D eigenvalue weighted by Gasteiger charge is -2.04. The summed E-state index contributed by atoms with van der Waals surface area (Å²) in [6.45, 7) is 0. The smallest absolute Gasteiger partial charge is 0.336 e. The van der Waals surface area contributed by atoms with Crippen molar-refractivity contribution >= 4 is 5.97 Å². The fourth-order valence-corrected chi connectivity index (χ4v) is 1.46. The predicted octanol–water partition coefficient (Wildman–Crippen LogP) is 1.71. The highest BCUT2D eigenvalue weighted by Gasteiger charge is 2.11. The molecule has 2 heterocycles. The molecular formula is C12H7N3O2. The third-order valence-corrected chi connectivity index (χ3v) is 2.23. The number of nitrogens with zero attached hydrogens (tertiary/aromatic N) is 3. The Morgan fingerprint density at radius 1 is 1.29 bits per heavy atom. The molecule has 0 aliphatic rings. The van der Waals surface area contributed by atoms with Crippen LogP contribution in [0, 0.1) is 11.3 Å². The first-order valence-corrected chi connectivity index (χ1v) is 4.75. The molecule has 17 heavy (non-hydrogen) atoms. The molecule has 0 amide bonds. The second-order valence-electron chi connectivity index (χ2n) is 3.30. The summed E-state index contributed by atoms with van der Waals surface area (Å²) >= 11 is 0. The van der Waals surface area contributed by atoms with Crippen molar-refractivity contribution in [2.75, 3.05) is 0 Å². The molecule has 5 nitrogen and oxygen atoms in total. The van der Waals surface area contributed by atoms with Gasteiger partial charge in [0.05, 0.1) is 11.1 Å². The van der Waals surface area contributed by atoms with Gasteiger partial charge in [-0.1, -0.05) is 0 Å². The summed E-state index contributed by atoms with van der Waals surface area (Å²) in [5.74, 6) is -1.04. The van der Waals surface area contributed by atoms with E-state index in [1.54, 1.807) is 6.07 Å². The van der Waals surface area contributed by atoms with Gasteiger partial charge in [-0.25, -0.2) is 4.79 Å². The van der Waals surface area contributed by atoms with Gasteiger partial charge in [-0.2, -0.15) is 5.26 Å². The number of aromatic carboxylic acids is 1. The molecule has 5 heteroatoms. The summed E-state index contributed by atoms with van der Waals surface area (Å²) in [7, 11) is 0. The standard InChI is InChI=1S/C12H7N3O2/c13-4-8-3-9(6-15-5-8)11-7-14-2-1-10(11)12(16)17/h1-3,5-7H,(H,16,17). The van der Waals surface area contributed by atoms with E-state index in [0.29, 0.717) is 16.7 Å². The van der Waals surface area contributed by atoms with Gasteiger partial charge in [0.1, 0.15) is 6.07 Å². The van der Waals surface area contributed by atoms with Gasteiger partial charge in [0.25, 0.3) is 0 Å². The maximum Gasteiger partial charge on any atom is 0.336 e. The number of carboxylic acid groups (broad SMARTS) is 1. The molecule has 0 saturated heterocycles. The van der Waals surface area contributed by atoms with E-state index in [4.69, 9.17) is 10.4 Å². The Balaban J connectivity index is 2.61. The van der Waals surface area contributed by atoms with Gasteiger partial charge in [-0.15, -0.1) is 0 Å². The Kier molecular flexibility index (Phi) is 2.79. The zero-order valence-corrected chi connectivity index (χ0v) is 8.66. The lowest BCUT2D eigenvalue weighted by atomic mass is 10.0. The van der Waals surface area contributed by atoms with E-state index in [-0.39, 0.29) is 5.56 Å². The Morgan fingerprint density at radius 3 is 2.82 bits per heavy atom. The summed E-state index contributed by atoms with van der Waals surface area (Å²) in [4.78, 5) is 18.8. The van der Waals surface area contributed by atoms with Crippen molar-refractivity contribution in [2.45, 2.75) is 0 Å². The molecule has 2 rings (SSSR count). The minimum absolute atomic E-state index is 0.136. The summed E-state index contributed by atoms with van der Waals surface area (Å²) in [6.07, 6.45) is 5.78. The largest absolute Gasteiger partial charge is 0.478 e. The Bertz CT molecular complexity index is 617. The lowest BCUT2D eigenvalue weighted by molar-refractivity contribution is 0.0697. The van der Waals surface area contributed by atoms with Gasteiger partial charge in [0.2, 0.25) is 0 Å². The third kappa shape index (κ3) is 2.11. The highest BCUT2D eigenvalue weighted by molar-refractivity contribution is 5.95. The molecule has 0 aromatic carbocycles. The molecule has 1 N–H and O–H groups in total. The van der Waals surface area contributed by atoms with Crippen LogP contribution in [0.25, 0.3) is 11.1 Å². The van der Waals surface area contributed by atoms with E-state index < -0.39 is 5.97 Å². The highest BCUT2D eigenvalue weighted by Crippen LogP contribution is 2.22. The molecule has 0 unspecified atom stereocenters. The summed E-state index contributed by atoms with van der Waals surface area (Å²) < 4.78 is 0. The highest BCUT2D eigenvalue weighted by atomic mass is 16.4. The lowest BCUT2D eigenvalue weighted by Crippen LogP contribution is -2.00. The second kappa shape index (κ2) is 4.41. The zero-order chi connectivity index (χ0) is 12.3. The number of nitriles is 1. The van der Waals surface area contributed by atoms with Gasteiger partial charge in [-0.05, 0) is 12.1 Å². The fraction of sp³-hybridized carbons (Fsp3) is 0. The summed E-state index contributed by atoms with van der Waals surface area (Å²) in [6, 6.07) is 4.95. The van der Waals surface area contributed by atoms with Crippen molar-refractivity contribution in [2.24, 2.45) is 0 Å². The Labute approximate surface area is 97.0 Å². The number of hydrogen-bond donors (Lipinski definition) is 1. The SMILES string of the molecule is N#Cc1cncc(-c2cnccc2C(=O)O)c1. The average Bonchev–Trinajstić information content (AvgIpc) is 2.39. The summed E-state index contributed by atoms with van der Waals surface area (Å²) in [5, 5.41) is 17.8. The first-order valence-electron chi connectivity index (χ1n) is 4.75. The molecule has 0 fully saturated rings. The van der Waals surface area contributed by atoms with Crippen LogP contribution in [0.2, 0.25) is 0 Å². The normalized spacial score (nSPS) is 9.59. The number of pyridine rings is 2. The van der Waals surface area contributed by atoms with E-state index in [9.17, 15) is 4.79 Å². The van der Waals surface area contributed by atoms with Crippen molar-refractivity contribution in [1.82, 2.24) is 9.97 Å². The molecule has 2 aromatic rings. The molecule has 0 atom stereocenters. The number of aromatic nitrogens is 2. The molecule has 2 aromatic heterocycles. The first kappa shape index (κ1) is 10.8. The van der Waals surface area contributed by atoms with E-state index in [2.05, 4.69) is 9.97 Å². The van der Waals surface area contributed by atoms with Crippen molar-refractivity contribution < 1.29 is 9.90 Å². The minimum Gasteiger partial charge on any atom is -0.478 e. The van der Waals surface area contributed by atoms with E-state index in [1.807, 2.05) is 6.07 Å². The van der Waals surface area contributed by atoms with Gasteiger partial charge in [-0.3, -0.25) is 9.97 Å². The third-order valence-electron chi connectivity index (χ3n) is 2.23. The quantitative estimate of drug-likeness (QED) is 0.840. The molecule has 0 aliphatic heterocycles. The van der Waals surface area contributed by atoms with Crippen LogP contribution in [0.3, 0.4) is 0 Å². The fourth-order valence-electron chi connectivity index (χ4n) is 1.46. The number of rotatable bonds is 2. The number of carboxylic acids is 1. The van der Waals surface area contributed by atoms with E-state index >= 15 is 0 Å². The molecular weight excluding hydrogens is 218 g/mol. The average molecular weight is 225 g/mol. The first-order chi connectivity index (χ1) is 8.22. The minimum atomic E-state index is -1.04. The van der Waals surface area contributed by atoms with Crippen molar-refractivity contribution in [1.29, 1.82) is 5.26 Å². The van der Waals surface area contributed by atoms with Crippen LogP contribution < -0.4 is 0 Å². The molecule has 0 aliphatic carbocycles. The maximum absolute atomic E-state index is 11.0. The Hall–Kier alpha value is -2.74. The topological polar surface area (TPSA) is 86.9 Å². The van der Waals surface area contributed by atoms with Gasteiger partial charge < -0.3 is 5.11 Å². The summed E-state index contributed by atoms with van der Waals surface area (Å²) in [5.41, 5.74) is 1.53. The van der Waals surface area contributed by atoms with Gasteiger partial charge in [0.15, 0.2) is 0 Å². The predicted molar refractivity (Wildman–Crippen MR) is 59.1 cm³/mol. The van der Waals surface area contributed by atoms with Gasteiger partial charge >= 0.3 is 5.97 Å². The molecule has 0 saturated carbocycles. The van der Waals surface area contributed by atoms with Gasteiger partial charge in [0, 0.05) is 35.9 Å². The number of hydrogen-bond acceptors (Lipinski definition) is 4. The molecule has 82 valence electrons. The van der Waals surface area contributed by atoms with Crippen LogP contribution in [0.1, 0.15) is 15.9 Å². The van der Waals surface area contributed by atoms with Crippen molar-refractivity contribution in [3.8, 4) is 17.2 Å². The number of carbonyl (C=O) groups is 1. The van der Waals surface area contributed by atoms with Crippen LogP contribution in [0.5, 0.6) is 0 Å². The second-order valence-corrected chi connectivity index (χ2v) is 3.30. The molecule has 0 spiro atoms. The van der Waals surface area contributed by atoms with E-state index in [0.717, 1.165) is 0 Å². The molecule has 0 bridgehead atoms. The maximum atomic E-state index is 11.0. The van der Waals surface area contributed by atoms with Crippen LogP contribution in [-0.2, 0) is 0 Å².